The number of halogens is 3. The number of anilines is 1. The molecule has 0 amide bonds. The molecule has 3 unspecified atom stereocenters. The van der Waals surface area contributed by atoms with Crippen molar-refractivity contribution in [2.24, 2.45) is 0 Å². The summed E-state index contributed by atoms with van der Waals surface area (Å²) < 4.78 is 61.3. The number of ether oxygens (including phenoxy) is 2. The number of phenols is 1. The van der Waals surface area contributed by atoms with Crippen LogP contribution < -0.4 is 15.0 Å². The average Bonchev–Trinajstić information content (AvgIpc) is 3.99. The van der Waals surface area contributed by atoms with E-state index in [0.29, 0.717) is 64.7 Å². The lowest BCUT2D eigenvalue weighted by atomic mass is 9.88. The van der Waals surface area contributed by atoms with Crippen molar-refractivity contribution in [2.75, 3.05) is 44.3 Å². The first-order valence-corrected chi connectivity index (χ1v) is 24.0. The van der Waals surface area contributed by atoms with Gasteiger partial charge in [-0.15, -0.1) is 5.54 Å². The zero-order valence-electron chi connectivity index (χ0n) is 35.2. The van der Waals surface area contributed by atoms with Crippen LogP contribution in [0, 0.1) is 23.1 Å². The SMILES string of the molecule is CC(C)[Si](C#Cc1c(F)ccc2cc(O)cc(-c3ncc4c(N5CC6CCC(C7CCCO7)(C5)N6)nc(OC[C@@]56CCCN5C[C@H](F)C6)nc4c3F)c12)(C(C)C)C(C)C. The van der Waals surface area contributed by atoms with Crippen LogP contribution in [0.2, 0.25) is 16.6 Å². The van der Waals surface area contributed by atoms with Gasteiger partial charge in [0, 0.05) is 55.9 Å². The van der Waals surface area contributed by atoms with E-state index >= 15 is 8.78 Å². The number of phenolic OH excluding ortho intramolecular Hbond substituents is 1. The Hall–Kier alpha value is -3.96. The topological polar surface area (TPSA) is 95.9 Å². The molecule has 7 heterocycles. The summed E-state index contributed by atoms with van der Waals surface area (Å²) in [6.07, 6.45) is 6.80. The smallest absolute Gasteiger partial charge is 0.319 e. The van der Waals surface area contributed by atoms with Crippen LogP contribution in [0.15, 0.2) is 30.5 Å². The van der Waals surface area contributed by atoms with Crippen molar-refractivity contribution in [3.05, 3.63) is 47.7 Å². The highest BCUT2D eigenvalue weighted by Crippen LogP contribution is 2.45. The quantitative estimate of drug-likeness (QED) is 0.127. The van der Waals surface area contributed by atoms with E-state index < -0.39 is 31.4 Å². The highest BCUT2D eigenvalue weighted by Gasteiger charge is 2.52. The second-order valence-corrected chi connectivity index (χ2v) is 24.5. The van der Waals surface area contributed by atoms with Gasteiger partial charge < -0.3 is 24.8 Å². The van der Waals surface area contributed by atoms with Gasteiger partial charge in [0.05, 0.1) is 28.1 Å². The molecule has 2 aromatic heterocycles. The molecule has 4 aromatic rings. The maximum absolute atomic E-state index is 17.6. The predicted octanol–water partition coefficient (Wildman–Crippen LogP) is 8.84. The van der Waals surface area contributed by atoms with Gasteiger partial charge in [0.25, 0.3) is 0 Å². The van der Waals surface area contributed by atoms with Gasteiger partial charge in [-0.3, -0.25) is 9.88 Å². The van der Waals surface area contributed by atoms with Gasteiger partial charge in [0.15, 0.2) is 5.82 Å². The molecule has 13 heteroatoms. The Morgan fingerprint density at radius 3 is 2.58 bits per heavy atom. The highest BCUT2D eigenvalue weighted by molar-refractivity contribution is 6.90. The van der Waals surface area contributed by atoms with Gasteiger partial charge in [-0.1, -0.05) is 53.5 Å². The minimum atomic E-state index is -2.29. The Morgan fingerprint density at radius 1 is 1.03 bits per heavy atom. The van der Waals surface area contributed by atoms with E-state index in [9.17, 15) is 9.50 Å². The van der Waals surface area contributed by atoms with Crippen molar-refractivity contribution in [3.63, 3.8) is 0 Å². The van der Waals surface area contributed by atoms with E-state index in [-0.39, 0.29) is 58.4 Å². The number of rotatable bonds is 9. The number of hydrogen-bond donors (Lipinski definition) is 2. The minimum Gasteiger partial charge on any atom is -0.508 e. The van der Waals surface area contributed by atoms with E-state index in [1.54, 1.807) is 18.3 Å². The molecule has 9 nitrogen and oxygen atoms in total. The molecule has 59 heavy (non-hydrogen) atoms. The number of hydrogen-bond acceptors (Lipinski definition) is 9. The van der Waals surface area contributed by atoms with E-state index in [1.165, 1.54) is 12.1 Å². The van der Waals surface area contributed by atoms with Crippen LogP contribution in [0.4, 0.5) is 19.0 Å². The highest BCUT2D eigenvalue weighted by atomic mass is 28.3. The van der Waals surface area contributed by atoms with Crippen LogP contribution in [0.1, 0.15) is 92.1 Å². The number of fused-ring (bicyclic) bond motifs is 5. The van der Waals surface area contributed by atoms with Crippen molar-refractivity contribution in [3.8, 4) is 34.5 Å². The normalized spacial score (nSPS) is 27.1. The molecule has 5 fully saturated rings. The van der Waals surface area contributed by atoms with Gasteiger partial charge in [0.2, 0.25) is 0 Å². The van der Waals surface area contributed by atoms with Gasteiger partial charge in [0.1, 0.15) is 49.4 Å². The molecule has 314 valence electrons. The molecular weight excluding hydrogens is 770 g/mol. The van der Waals surface area contributed by atoms with Crippen molar-refractivity contribution in [1.29, 1.82) is 0 Å². The molecule has 5 atom stereocenters. The Balaban J connectivity index is 1.20. The first-order valence-electron chi connectivity index (χ1n) is 21.7. The zero-order valence-corrected chi connectivity index (χ0v) is 36.2. The summed E-state index contributed by atoms with van der Waals surface area (Å²) in [5.74, 6) is 2.45. The van der Waals surface area contributed by atoms with Crippen LogP contribution in [0.3, 0.4) is 0 Å². The zero-order chi connectivity index (χ0) is 41.4. The first-order chi connectivity index (χ1) is 28.2. The largest absolute Gasteiger partial charge is 0.508 e. The van der Waals surface area contributed by atoms with E-state index in [1.807, 2.05) is 0 Å². The predicted molar refractivity (Wildman–Crippen MR) is 228 cm³/mol. The molecule has 0 aliphatic carbocycles. The molecule has 2 N–H and O–H groups in total. The summed E-state index contributed by atoms with van der Waals surface area (Å²) in [6, 6.07) is 6.13. The van der Waals surface area contributed by atoms with Gasteiger partial charge in [-0.2, -0.15) is 9.97 Å². The molecule has 5 aliphatic heterocycles. The van der Waals surface area contributed by atoms with E-state index in [0.717, 1.165) is 51.7 Å². The monoisotopic (exact) mass is 826 g/mol. The fourth-order valence-corrected chi connectivity index (χ4v) is 17.2. The second kappa shape index (κ2) is 15.2. The number of aromatic nitrogens is 3. The minimum absolute atomic E-state index is 0.00833. The standard InChI is InChI=1S/C46H57F3N6O3Si/c1-27(2)59(28(3)4,29(5)6)18-13-34-37(48)11-10-30-19-33(56)20-35(39(30)34)41-40(49)42-36(22-50-41)43(54-24-32-12-15-46(25-54,53-32)38-9-7-17-57-38)52-44(51-42)58-26-45-14-8-16-55(45)23-31(47)21-45/h10-11,19-20,22,27-29,31-32,38,53,56H,7-9,12,14-17,21,23-26H2,1-6H3/t31-,32?,38?,45+,46?/m1/s1. The van der Waals surface area contributed by atoms with E-state index in [2.05, 4.69) is 68.1 Å². The van der Waals surface area contributed by atoms with Crippen LogP contribution in [-0.4, -0.2) is 102 Å². The fraction of sp³-hybridized carbons (Fsp3) is 0.587. The number of benzene rings is 2. The number of nitrogens with zero attached hydrogens (tertiary/aromatic N) is 5. The Bertz CT molecular complexity index is 2320. The third-order valence-corrected chi connectivity index (χ3v) is 20.9. The molecule has 2 bridgehead atoms. The number of pyridine rings is 1. The van der Waals surface area contributed by atoms with Crippen LogP contribution >= 0.6 is 0 Å². The Morgan fingerprint density at radius 2 is 1.83 bits per heavy atom. The lowest BCUT2D eigenvalue weighted by Crippen LogP contribution is -2.65. The molecule has 0 saturated carbocycles. The molecule has 2 aromatic carbocycles. The lowest BCUT2D eigenvalue weighted by Gasteiger charge is -2.45. The van der Waals surface area contributed by atoms with Crippen molar-refractivity contribution < 1.29 is 27.8 Å². The molecule has 5 saturated heterocycles. The number of aromatic hydroxyl groups is 1. The van der Waals surface area contributed by atoms with Crippen LogP contribution in [0.5, 0.6) is 11.8 Å². The maximum Gasteiger partial charge on any atom is 0.319 e. The third-order valence-electron chi connectivity index (χ3n) is 14.6. The number of nitrogens with one attached hydrogen (secondary N) is 1. The van der Waals surface area contributed by atoms with Gasteiger partial charge in [-0.05, 0) is 85.3 Å². The Kier molecular flexibility index (Phi) is 10.4. The summed E-state index contributed by atoms with van der Waals surface area (Å²) in [4.78, 5) is 18.8. The first kappa shape index (κ1) is 40.4. The summed E-state index contributed by atoms with van der Waals surface area (Å²) in [7, 11) is -2.29. The van der Waals surface area contributed by atoms with Crippen molar-refractivity contribution in [2.45, 2.75) is 133 Å². The van der Waals surface area contributed by atoms with Gasteiger partial charge in [-0.25, -0.2) is 13.2 Å². The lowest BCUT2D eigenvalue weighted by molar-refractivity contribution is 0.0326. The van der Waals surface area contributed by atoms with Crippen LogP contribution in [0.25, 0.3) is 32.9 Å². The summed E-state index contributed by atoms with van der Waals surface area (Å²) in [6.45, 7) is 16.6. The maximum atomic E-state index is 17.6. The third kappa shape index (κ3) is 6.77. The molecule has 0 spiro atoms. The molecule has 9 rings (SSSR count). The van der Waals surface area contributed by atoms with Crippen molar-refractivity contribution in [1.82, 2.24) is 25.2 Å². The van der Waals surface area contributed by atoms with Crippen molar-refractivity contribution >= 4 is 35.6 Å². The summed E-state index contributed by atoms with van der Waals surface area (Å²) in [5, 5.41) is 16.2. The molecular formula is C46H57F3N6O3Si. The molecule has 0 radical (unpaired) electrons. The fourth-order valence-electron chi connectivity index (χ4n) is 11.9. The van der Waals surface area contributed by atoms with Crippen LogP contribution in [-0.2, 0) is 4.74 Å². The number of alkyl halides is 1. The molecule has 5 aliphatic rings. The summed E-state index contributed by atoms with van der Waals surface area (Å²) in [5.41, 5.74) is 4.17. The summed E-state index contributed by atoms with van der Waals surface area (Å²) >= 11 is 0. The average molecular weight is 827 g/mol. The second-order valence-electron chi connectivity index (χ2n) is 19.0. The number of piperazine rings is 1. The van der Waals surface area contributed by atoms with Gasteiger partial charge >= 0.3 is 6.01 Å². The van der Waals surface area contributed by atoms with E-state index in [4.69, 9.17) is 24.4 Å². The Labute approximate surface area is 346 Å².